The molecule has 4 heterocycles. The maximum absolute atomic E-state index is 13.1. The first-order valence-corrected chi connectivity index (χ1v) is 10.3. The van der Waals surface area contributed by atoms with Gasteiger partial charge in [-0.15, -0.1) is 0 Å². The summed E-state index contributed by atoms with van der Waals surface area (Å²) in [4.78, 5) is 29.0. The van der Waals surface area contributed by atoms with Gasteiger partial charge in [0, 0.05) is 43.6 Å². The number of hydrogen-bond acceptors (Lipinski definition) is 5. The minimum absolute atomic E-state index is 0.0249. The van der Waals surface area contributed by atoms with Crippen molar-refractivity contribution in [3.05, 3.63) is 62.6 Å². The Labute approximate surface area is 172 Å². The summed E-state index contributed by atoms with van der Waals surface area (Å²) in [5, 5.41) is 1.34. The number of hydrogen-bond donors (Lipinski definition) is 0. The Kier molecular flexibility index (Phi) is 4.57. The normalized spacial score (nSPS) is 22.1. The molecule has 0 saturated carbocycles. The van der Waals surface area contributed by atoms with Crippen molar-refractivity contribution in [2.45, 2.75) is 44.3 Å². The highest BCUT2D eigenvalue weighted by atomic mass is 35.5. The third-order valence-corrected chi connectivity index (χ3v) is 6.60. The smallest absolute Gasteiger partial charge is 0.261 e. The SMILES string of the molecule is O=c1c2cc(Cl)c(Cl)cc2nc2n1CC[C@@H]1[C@@H]2CCCN1Cc1cnccn1. The van der Waals surface area contributed by atoms with Crippen molar-refractivity contribution in [1.29, 1.82) is 0 Å². The molecule has 2 aliphatic rings. The van der Waals surface area contributed by atoms with Crippen molar-refractivity contribution in [2.75, 3.05) is 6.54 Å². The van der Waals surface area contributed by atoms with Crippen LogP contribution in [0.15, 0.2) is 35.5 Å². The summed E-state index contributed by atoms with van der Waals surface area (Å²) in [7, 11) is 0. The van der Waals surface area contributed by atoms with Gasteiger partial charge in [-0.3, -0.25) is 24.2 Å². The predicted molar refractivity (Wildman–Crippen MR) is 109 cm³/mol. The number of fused-ring (bicyclic) bond motifs is 4. The Morgan fingerprint density at radius 2 is 1.96 bits per heavy atom. The largest absolute Gasteiger partial charge is 0.296 e. The monoisotopic (exact) mass is 415 g/mol. The number of likely N-dealkylation sites (tertiary alicyclic amines) is 1. The highest BCUT2D eigenvalue weighted by molar-refractivity contribution is 6.42. The van der Waals surface area contributed by atoms with Gasteiger partial charge in [0.05, 0.1) is 26.6 Å². The van der Waals surface area contributed by atoms with Crippen molar-refractivity contribution in [2.24, 2.45) is 0 Å². The fourth-order valence-corrected chi connectivity index (χ4v) is 4.94. The fourth-order valence-electron chi connectivity index (χ4n) is 4.62. The summed E-state index contributed by atoms with van der Waals surface area (Å²) in [6.45, 7) is 2.46. The number of rotatable bonds is 2. The third-order valence-electron chi connectivity index (χ3n) is 5.88. The van der Waals surface area contributed by atoms with E-state index in [2.05, 4.69) is 14.9 Å². The number of benzene rings is 1. The highest BCUT2D eigenvalue weighted by Crippen LogP contribution is 2.38. The minimum atomic E-state index is -0.0249. The van der Waals surface area contributed by atoms with Crippen LogP contribution in [0.5, 0.6) is 0 Å². The van der Waals surface area contributed by atoms with E-state index in [0.29, 0.717) is 33.5 Å². The van der Waals surface area contributed by atoms with Gasteiger partial charge in [0.25, 0.3) is 5.56 Å². The first-order valence-electron chi connectivity index (χ1n) is 9.50. The van der Waals surface area contributed by atoms with Crippen LogP contribution >= 0.6 is 23.2 Å². The van der Waals surface area contributed by atoms with Gasteiger partial charge in [-0.1, -0.05) is 23.2 Å². The predicted octanol–water partition coefficient (Wildman–Crippen LogP) is 3.65. The van der Waals surface area contributed by atoms with Crippen LogP contribution in [0.25, 0.3) is 10.9 Å². The molecule has 8 heteroatoms. The second-order valence-corrected chi connectivity index (χ2v) is 8.30. The van der Waals surface area contributed by atoms with Gasteiger partial charge in [0.15, 0.2) is 0 Å². The van der Waals surface area contributed by atoms with E-state index in [4.69, 9.17) is 28.2 Å². The molecule has 0 amide bonds. The van der Waals surface area contributed by atoms with Crippen LogP contribution in [-0.2, 0) is 13.1 Å². The topological polar surface area (TPSA) is 63.9 Å². The van der Waals surface area contributed by atoms with Crippen molar-refractivity contribution < 1.29 is 0 Å². The van der Waals surface area contributed by atoms with E-state index in [1.807, 2.05) is 10.8 Å². The van der Waals surface area contributed by atoms with Crippen molar-refractivity contribution >= 4 is 34.1 Å². The van der Waals surface area contributed by atoms with Gasteiger partial charge >= 0.3 is 0 Å². The second kappa shape index (κ2) is 7.10. The standard InChI is InChI=1S/C20H19Cl2N5O/c21-15-8-14-17(9-16(15)22)25-19-13-2-1-6-26(11-12-10-23-4-5-24-12)18(13)3-7-27(19)20(14)28/h4-5,8-10,13,18H,1-3,6-7,11H2/t13-,18+/m0/s1. The maximum atomic E-state index is 13.1. The molecule has 0 aliphatic carbocycles. The van der Waals surface area contributed by atoms with E-state index in [0.717, 1.165) is 43.9 Å². The lowest BCUT2D eigenvalue weighted by atomic mass is 9.83. The van der Waals surface area contributed by atoms with Crippen LogP contribution in [0.2, 0.25) is 10.0 Å². The molecule has 0 spiro atoms. The second-order valence-electron chi connectivity index (χ2n) is 7.48. The minimum Gasteiger partial charge on any atom is -0.296 e. The zero-order chi connectivity index (χ0) is 19.3. The van der Waals surface area contributed by atoms with Gasteiger partial charge in [0.1, 0.15) is 5.82 Å². The van der Waals surface area contributed by atoms with Gasteiger partial charge in [0.2, 0.25) is 0 Å². The molecule has 1 aromatic carbocycles. The van der Waals surface area contributed by atoms with Crippen LogP contribution in [0.3, 0.4) is 0 Å². The number of piperidine rings is 1. The molecule has 3 aromatic rings. The first kappa shape index (κ1) is 18.0. The van der Waals surface area contributed by atoms with E-state index in [9.17, 15) is 4.79 Å². The molecule has 0 radical (unpaired) electrons. The summed E-state index contributed by atoms with van der Waals surface area (Å²) in [6.07, 6.45) is 8.26. The summed E-state index contributed by atoms with van der Waals surface area (Å²) >= 11 is 12.3. The number of halogens is 2. The zero-order valence-corrected chi connectivity index (χ0v) is 16.7. The summed E-state index contributed by atoms with van der Waals surface area (Å²) in [5.41, 5.74) is 1.57. The molecule has 0 N–H and O–H groups in total. The lowest BCUT2D eigenvalue weighted by Gasteiger charge is -2.44. The average Bonchev–Trinajstić information content (AvgIpc) is 2.71. The average molecular weight is 416 g/mol. The molecule has 6 nitrogen and oxygen atoms in total. The quantitative estimate of drug-likeness (QED) is 0.638. The molecule has 1 saturated heterocycles. The summed E-state index contributed by atoms with van der Waals surface area (Å²) in [6, 6.07) is 3.68. The maximum Gasteiger partial charge on any atom is 0.261 e. The first-order chi connectivity index (χ1) is 13.6. The molecule has 5 rings (SSSR count). The number of aromatic nitrogens is 4. The van der Waals surface area contributed by atoms with Crippen LogP contribution < -0.4 is 5.56 Å². The third kappa shape index (κ3) is 3.00. The van der Waals surface area contributed by atoms with Crippen LogP contribution in [-0.4, -0.2) is 37.0 Å². The van der Waals surface area contributed by atoms with E-state index >= 15 is 0 Å². The zero-order valence-electron chi connectivity index (χ0n) is 15.2. The lowest BCUT2D eigenvalue weighted by Crippen LogP contribution is -2.49. The van der Waals surface area contributed by atoms with Gasteiger partial charge in [-0.2, -0.15) is 0 Å². The summed E-state index contributed by atoms with van der Waals surface area (Å²) < 4.78 is 1.83. The Morgan fingerprint density at radius 1 is 1.11 bits per heavy atom. The number of nitrogens with zero attached hydrogens (tertiary/aromatic N) is 5. The molecule has 2 aliphatic heterocycles. The van der Waals surface area contributed by atoms with Crippen LogP contribution in [0.1, 0.15) is 36.7 Å². The molecular formula is C20H19Cl2N5O. The van der Waals surface area contributed by atoms with Crippen LogP contribution in [0.4, 0.5) is 0 Å². The lowest BCUT2D eigenvalue weighted by molar-refractivity contribution is 0.0875. The Morgan fingerprint density at radius 3 is 2.79 bits per heavy atom. The van der Waals surface area contributed by atoms with E-state index < -0.39 is 0 Å². The van der Waals surface area contributed by atoms with Gasteiger partial charge in [-0.25, -0.2) is 4.98 Å². The fraction of sp³-hybridized carbons (Fsp3) is 0.400. The molecular weight excluding hydrogens is 397 g/mol. The molecule has 1 fully saturated rings. The Hall–Kier alpha value is -2.02. The van der Waals surface area contributed by atoms with E-state index in [1.54, 1.807) is 24.5 Å². The van der Waals surface area contributed by atoms with Crippen LogP contribution in [0, 0.1) is 0 Å². The van der Waals surface area contributed by atoms with Gasteiger partial charge < -0.3 is 0 Å². The Bertz CT molecular complexity index is 1100. The van der Waals surface area contributed by atoms with E-state index in [-0.39, 0.29) is 11.5 Å². The van der Waals surface area contributed by atoms with E-state index in [1.165, 1.54) is 0 Å². The molecule has 0 bridgehead atoms. The molecule has 2 aromatic heterocycles. The highest BCUT2D eigenvalue weighted by Gasteiger charge is 2.38. The van der Waals surface area contributed by atoms with Crippen molar-refractivity contribution in [3.63, 3.8) is 0 Å². The molecule has 144 valence electrons. The molecule has 0 unspecified atom stereocenters. The Balaban J connectivity index is 1.55. The summed E-state index contributed by atoms with van der Waals surface area (Å²) in [5.74, 6) is 1.10. The molecule has 28 heavy (non-hydrogen) atoms. The van der Waals surface area contributed by atoms with Gasteiger partial charge in [-0.05, 0) is 37.9 Å². The van der Waals surface area contributed by atoms with Crippen molar-refractivity contribution in [1.82, 2.24) is 24.4 Å². The molecule has 2 atom stereocenters. The van der Waals surface area contributed by atoms with Crippen molar-refractivity contribution in [3.8, 4) is 0 Å².